The molecule has 0 amide bonds. The van der Waals surface area contributed by atoms with Crippen molar-refractivity contribution in [2.45, 2.75) is 102 Å². The van der Waals surface area contributed by atoms with Crippen molar-refractivity contribution in [2.24, 2.45) is 0 Å². The third-order valence-corrected chi connectivity index (χ3v) is 8.78. The van der Waals surface area contributed by atoms with Gasteiger partial charge in [-0.25, -0.2) is 60.7 Å². The number of nitrogens with one attached hydrogen (secondary N) is 5. The Morgan fingerprint density at radius 1 is 0.462 bits per heavy atom. The molecule has 10 aliphatic rings. The lowest BCUT2D eigenvalue weighted by atomic mass is 10.2. The number of hydrazine groups is 6. The van der Waals surface area contributed by atoms with E-state index in [-0.39, 0.29) is 30.1 Å². The Morgan fingerprint density at radius 2 is 0.654 bits per heavy atom. The molecule has 0 aromatic heterocycles. The van der Waals surface area contributed by atoms with Crippen LogP contribution in [0.1, 0.15) is 27.7 Å². The van der Waals surface area contributed by atoms with Gasteiger partial charge in [0.1, 0.15) is 12.3 Å². The Bertz CT molecular complexity index is 1360. The van der Waals surface area contributed by atoms with Gasteiger partial charge < -0.3 is 10.1 Å². The van der Waals surface area contributed by atoms with Gasteiger partial charge in [-0.3, -0.25) is 26.6 Å². The number of hydrogen-bond acceptors (Lipinski definition) is 20. The number of piperazine rings is 2. The van der Waals surface area contributed by atoms with E-state index in [0.717, 1.165) is 0 Å². The highest BCUT2D eigenvalue weighted by molar-refractivity contribution is 5.14. The van der Waals surface area contributed by atoms with E-state index in [1.165, 1.54) is 0 Å². The second-order valence-corrected chi connectivity index (χ2v) is 10.7. The van der Waals surface area contributed by atoms with Gasteiger partial charge in [-0.15, -0.1) is 10.1 Å². The number of hydrogen-bond donors (Lipinski definition) is 6. The number of nitro groups is 6. The summed E-state index contributed by atoms with van der Waals surface area (Å²) in [5.74, 6) is 0. The van der Waals surface area contributed by atoms with Gasteiger partial charge in [-0.2, -0.15) is 0 Å². The quantitative estimate of drug-likeness (QED) is 0.105. The summed E-state index contributed by atoms with van der Waals surface area (Å²) in [6.07, 6.45) is -10.6. The summed E-state index contributed by atoms with van der Waals surface area (Å²) in [4.78, 5) is 80.5. The van der Waals surface area contributed by atoms with Crippen LogP contribution in [0, 0.1) is 70.8 Å². The molecule has 0 aliphatic carbocycles. The second kappa shape index (κ2) is 14.2. The minimum atomic E-state index is -2.47. The molecule has 34 heteroatoms. The molecule has 0 aromatic rings. The summed E-state index contributed by atoms with van der Waals surface area (Å²) in [5.41, 5.74) is 0. The van der Waals surface area contributed by atoms with Crippen molar-refractivity contribution in [3.63, 3.8) is 0 Å². The van der Waals surface area contributed by atoms with Crippen LogP contribution in [-0.4, -0.2) is 149 Å². The maximum atomic E-state index is 11.7. The van der Waals surface area contributed by atoms with Crippen molar-refractivity contribution in [3.8, 4) is 0 Å². The van der Waals surface area contributed by atoms with Crippen molar-refractivity contribution in [1.29, 1.82) is 0 Å². The largest absolute Gasteiger partial charge is 0.342 e. The third kappa shape index (κ3) is 5.57. The van der Waals surface area contributed by atoms with Gasteiger partial charge in [0.05, 0.1) is 24.7 Å². The highest BCUT2D eigenvalue weighted by Crippen LogP contribution is 2.51. The van der Waals surface area contributed by atoms with E-state index >= 15 is 0 Å². The topological polar surface area (TPSA) is 405 Å². The summed E-state index contributed by atoms with van der Waals surface area (Å²) in [6.45, 7) is 11.9. The summed E-state index contributed by atoms with van der Waals surface area (Å²) in [7, 11) is 0. The molecule has 10 fully saturated rings. The van der Waals surface area contributed by atoms with E-state index in [9.17, 15) is 60.7 Å². The van der Waals surface area contributed by atoms with Crippen LogP contribution in [0.25, 0.3) is 0 Å². The predicted molar refractivity (Wildman–Crippen MR) is 158 cm³/mol. The van der Waals surface area contributed by atoms with Crippen molar-refractivity contribution < 1.29 is 40.5 Å². The predicted octanol–water partition coefficient (Wildman–Crippen LogP) is -4.94. The summed E-state index contributed by atoms with van der Waals surface area (Å²) in [6, 6.07) is 0. The van der Waals surface area contributed by atoms with Crippen LogP contribution in [0.15, 0.2) is 12.8 Å². The SMILES string of the molecule is C=CN1C2NC3NC4NC3NC2NC41.CC.CC.O=[N+]([O-])N1C2C3N([N+](=O)[O-])C1C1N([N+](=O)[O-])C(C(N1[N+](=O)[O-])N3[N+](=O)[O-])N2[N+](=O)[O-].O=[N+]([O-])O. The van der Waals surface area contributed by atoms with E-state index in [1.807, 2.05) is 33.9 Å². The first-order chi connectivity index (χ1) is 24.5. The molecule has 10 aliphatic heterocycles. The van der Waals surface area contributed by atoms with E-state index in [0.29, 0.717) is 37.0 Å². The van der Waals surface area contributed by atoms with Gasteiger partial charge in [0.25, 0.3) is 42.1 Å². The molecule has 6 N–H and O–H groups in total. The standard InChI is InChI=1S/C8H14N6.C6H6N12O12.2C2H6.HNO3/c1-2-14-7-5-9-3-4(11-5)12-8(14)6(10-3)13-7;19-13(20)7-1-2-8(14(21)22)5(7)6-9(15(23)24)3(11(1)17(27)28)4(10(6)16(25)26)12(2)18(29)30;2*1-2;2-1(3)4/h2-13H,1H2;1-6H;2*1-2H3;(H,2,3,4). The maximum Gasteiger partial charge on any atom is 0.291 e. The Kier molecular flexibility index (Phi) is 10.5. The number of rotatable bonds is 7. The van der Waals surface area contributed by atoms with Crippen LogP contribution in [0.5, 0.6) is 0 Å². The molecule has 0 saturated carbocycles. The number of nitrogens with zero attached hydrogens (tertiary/aromatic N) is 14. The van der Waals surface area contributed by atoms with Crippen molar-refractivity contribution in [2.75, 3.05) is 0 Å². The maximum absolute atomic E-state index is 11.7. The Labute approximate surface area is 287 Å². The van der Waals surface area contributed by atoms with Crippen molar-refractivity contribution in [1.82, 2.24) is 61.5 Å². The average molecular weight is 756 g/mol. The van der Waals surface area contributed by atoms with Crippen LogP contribution >= 0.6 is 0 Å². The van der Waals surface area contributed by atoms with E-state index in [1.54, 1.807) is 0 Å². The fourth-order valence-electron chi connectivity index (χ4n) is 7.46. The van der Waals surface area contributed by atoms with Crippen LogP contribution < -0.4 is 26.6 Å². The fraction of sp³-hybridized carbons (Fsp3) is 0.889. The Hall–Kier alpha value is -6.26. The summed E-state index contributed by atoms with van der Waals surface area (Å²) in [5, 5.41) is 91.7. The first kappa shape index (κ1) is 38.5. The van der Waals surface area contributed by atoms with Gasteiger partial charge >= 0.3 is 0 Å². The van der Waals surface area contributed by atoms with Gasteiger partial charge in [0.15, 0.2) is 30.2 Å². The molecule has 0 spiro atoms. The lowest BCUT2D eigenvalue weighted by molar-refractivity contribution is -0.792. The van der Waals surface area contributed by atoms with E-state index in [2.05, 4.69) is 38.1 Å². The van der Waals surface area contributed by atoms with Crippen molar-refractivity contribution in [3.05, 3.63) is 83.6 Å². The molecular weight excluding hydrogens is 722 g/mol. The second-order valence-electron chi connectivity index (χ2n) is 10.7. The molecule has 10 rings (SSSR count). The summed E-state index contributed by atoms with van der Waals surface area (Å²) < 4.78 is 0. The van der Waals surface area contributed by atoms with E-state index < -0.39 is 72.3 Å². The van der Waals surface area contributed by atoms with Crippen LogP contribution in [0.2, 0.25) is 0 Å². The Morgan fingerprint density at radius 3 is 0.865 bits per heavy atom. The van der Waals surface area contributed by atoms with Crippen LogP contribution in [0.4, 0.5) is 0 Å². The smallest absolute Gasteiger partial charge is 0.291 e. The van der Waals surface area contributed by atoms with Gasteiger partial charge in [0.2, 0.25) is 0 Å². The lowest BCUT2D eigenvalue weighted by Crippen LogP contribution is -2.77. The van der Waals surface area contributed by atoms with Gasteiger partial charge in [-0.1, -0.05) is 64.3 Å². The zero-order valence-electron chi connectivity index (χ0n) is 27.1. The zero-order chi connectivity index (χ0) is 39.3. The molecule has 0 aromatic carbocycles. The molecule has 34 nitrogen and oxygen atoms in total. The molecule has 6 atom stereocenters. The molecule has 6 unspecified atom stereocenters. The van der Waals surface area contributed by atoms with Gasteiger partial charge in [0, 0.05) is 0 Å². The van der Waals surface area contributed by atoms with Crippen LogP contribution in [0.3, 0.4) is 0 Å². The summed E-state index contributed by atoms with van der Waals surface area (Å²) >= 11 is 0. The molecule has 0 radical (unpaired) electrons. The fourth-order valence-corrected chi connectivity index (χ4v) is 7.46. The highest BCUT2D eigenvalue weighted by atomic mass is 16.9. The van der Waals surface area contributed by atoms with E-state index in [4.69, 9.17) is 15.3 Å². The zero-order valence-corrected chi connectivity index (χ0v) is 27.1. The minimum absolute atomic E-state index is 0.180. The monoisotopic (exact) mass is 755 g/mol. The lowest BCUT2D eigenvalue weighted by Gasteiger charge is -2.39. The molecular formula is C18H33N19O15. The van der Waals surface area contributed by atoms with Crippen LogP contribution in [-0.2, 0) is 0 Å². The molecule has 52 heavy (non-hydrogen) atoms. The van der Waals surface area contributed by atoms with Crippen molar-refractivity contribution >= 4 is 0 Å². The van der Waals surface area contributed by atoms with Gasteiger partial charge in [-0.05, 0) is 6.20 Å². The molecule has 290 valence electrons. The molecule has 12 bridgehead atoms. The average Bonchev–Trinajstić information content (AvgIpc) is 3.73. The highest BCUT2D eigenvalue weighted by Gasteiger charge is 2.89. The first-order valence-corrected chi connectivity index (χ1v) is 15.1. The first-order valence-electron chi connectivity index (χ1n) is 15.1. The molecule has 10 saturated heterocycles. The third-order valence-electron chi connectivity index (χ3n) is 8.78. The molecule has 10 heterocycles. The normalized spacial score (nSPS) is 35.5. The minimum Gasteiger partial charge on any atom is -0.342 e. The Balaban J connectivity index is 0.000000225.